The summed E-state index contributed by atoms with van der Waals surface area (Å²) in [5.41, 5.74) is 0.168. The average molecular weight is 141 g/mol. The van der Waals surface area contributed by atoms with E-state index >= 15 is 0 Å². The quantitative estimate of drug-likeness (QED) is 0.366. The van der Waals surface area contributed by atoms with E-state index in [1.54, 1.807) is 5.94 Å². The first-order chi connectivity index (χ1) is 4.79. The molecule has 0 aromatic heterocycles. The molecular formula is C6H7NO3. The molecule has 1 aliphatic rings. The Morgan fingerprint density at radius 1 is 1.70 bits per heavy atom. The first kappa shape index (κ1) is 6.99. The standard InChI is InChI=1S/C6H7NO3/c1-10-7-3-2-5(4-8)6(7)9/h2-3H2,1H3. The van der Waals surface area contributed by atoms with Crippen LogP contribution in [-0.2, 0) is 14.4 Å². The number of nitrogens with zero attached hydrogens (tertiary/aromatic N) is 1. The van der Waals surface area contributed by atoms with E-state index in [1.165, 1.54) is 7.11 Å². The predicted molar refractivity (Wildman–Crippen MR) is 32.5 cm³/mol. The van der Waals surface area contributed by atoms with Crippen LogP contribution in [0.15, 0.2) is 5.57 Å². The van der Waals surface area contributed by atoms with Gasteiger partial charge in [-0.1, -0.05) is 0 Å². The van der Waals surface area contributed by atoms with E-state index in [9.17, 15) is 9.59 Å². The maximum atomic E-state index is 10.9. The van der Waals surface area contributed by atoms with Crippen LogP contribution in [-0.4, -0.2) is 30.6 Å². The zero-order valence-corrected chi connectivity index (χ0v) is 5.59. The van der Waals surface area contributed by atoms with Gasteiger partial charge in [-0.05, 0) is 0 Å². The van der Waals surface area contributed by atoms with Gasteiger partial charge in [-0.15, -0.1) is 0 Å². The van der Waals surface area contributed by atoms with Gasteiger partial charge in [-0.2, -0.15) is 0 Å². The molecule has 1 fully saturated rings. The van der Waals surface area contributed by atoms with Crippen molar-refractivity contribution in [3.05, 3.63) is 5.57 Å². The number of hydrogen-bond acceptors (Lipinski definition) is 3. The normalized spacial score (nSPS) is 17.9. The third-order valence-corrected chi connectivity index (χ3v) is 1.39. The van der Waals surface area contributed by atoms with Crippen LogP contribution in [0.5, 0.6) is 0 Å². The smallest absolute Gasteiger partial charge is 0.274 e. The minimum absolute atomic E-state index is 0.168. The number of amides is 1. The second-order valence-corrected chi connectivity index (χ2v) is 1.92. The van der Waals surface area contributed by atoms with Crippen molar-refractivity contribution in [1.29, 1.82) is 0 Å². The van der Waals surface area contributed by atoms with Crippen molar-refractivity contribution in [2.75, 3.05) is 13.7 Å². The van der Waals surface area contributed by atoms with E-state index in [0.29, 0.717) is 13.0 Å². The summed E-state index contributed by atoms with van der Waals surface area (Å²) in [4.78, 5) is 25.5. The van der Waals surface area contributed by atoms with Gasteiger partial charge >= 0.3 is 0 Å². The molecular weight excluding hydrogens is 134 g/mol. The van der Waals surface area contributed by atoms with Crippen LogP contribution < -0.4 is 0 Å². The third-order valence-electron chi connectivity index (χ3n) is 1.39. The SMILES string of the molecule is CON1CCC(=C=O)C1=O. The Bertz CT molecular complexity index is 205. The molecule has 0 atom stereocenters. The minimum Gasteiger partial charge on any atom is -0.274 e. The molecule has 1 aliphatic heterocycles. The van der Waals surface area contributed by atoms with Crippen molar-refractivity contribution in [1.82, 2.24) is 5.06 Å². The Morgan fingerprint density at radius 2 is 2.40 bits per heavy atom. The number of hydroxylamine groups is 2. The van der Waals surface area contributed by atoms with Crippen LogP contribution in [0.2, 0.25) is 0 Å². The van der Waals surface area contributed by atoms with Crippen molar-refractivity contribution in [2.24, 2.45) is 0 Å². The van der Waals surface area contributed by atoms with Gasteiger partial charge in [0.2, 0.25) is 0 Å². The molecule has 1 rings (SSSR count). The summed E-state index contributed by atoms with van der Waals surface area (Å²) < 4.78 is 0. The van der Waals surface area contributed by atoms with Crippen LogP contribution in [0, 0.1) is 0 Å². The summed E-state index contributed by atoms with van der Waals surface area (Å²) in [5, 5.41) is 1.14. The van der Waals surface area contributed by atoms with Gasteiger partial charge in [0.15, 0.2) is 0 Å². The van der Waals surface area contributed by atoms with E-state index in [4.69, 9.17) is 0 Å². The van der Waals surface area contributed by atoms with Gasteiger partial charge in [0.05, 0.1) is 13.7 Å². The van der Waals surface area contributed by atoms with E-state index < -0.39 is 0 Å². The van der Waals surface area contributed by atoms with Crippen LogP contribution in [0.25, 0.3) is 0 Å². The molecule has 0 aromatic carbocycles. The van der Waals surface area contributed by atoms with Crippen molar-refractivity contribution in [3.8, 4) is 0 Å². The largest absolute Gasteiger partial charge is 0.284 e. The fourth-order valence-electron chi connectivity index (χ4n) is 0.841. The molecule has 1 saturated heterocycles. The van der Waals surface area contributed by atoms with Crippen molar-refractivity contribution in [3.63, 3.8) is 0 Å². The molecule has 10 heavy (non-hydrogen) atoms. The van der Waals surface area contributed by atoms with Gasteiger partial charge in [0.1, 0.15) is 11.5 Å². The van der Waals surface area contributed by atoms with Gasteiger partial charge in [-0.3, -0.25) is 9.63 Å². The van der Waals surface area contributed by atoms with Gasteiger partial charge < -0.3 is 0 Å². The van der Waals surface area contributed by atoms with E-state index in [0.717, 1.165) is 5.06 Å². The second-order valence-electron chi connectivity index (χ2n) is 1.92. The summed E-state index contributed by atoms with van der Waals surface area (Å²) >= 11 is 0. The fourth-order valence-corrected chi connectivity index (χ4v) is 0.841. The lowest BCUT2D eigenvalue weighted by atomic mass is 10.3. The highest BCUT2D eigenvalue weighted by molar-refractivity contribution is 6.01. The molecule has 4 nitrogen and oxygen atoms in total. The highest BCUT2D eigenvalue weighted by atomic mass is 16.7. The molecule has 0 saturated carbocycles. The monoisotopic (exact) mass is 141 g/mol. The minimum atomic E-state index is -0.363. The molecule has 4 heteroatoms. The molecule has 0 aromatic rings. The van der Waals surface area contributed by atoms with Crippen molar-refractivity contribution in [2.45, 2.75) is 6.42 Å². The summed E-state index contributed by atoms with van der Waals surface area (Å²) in [6.45, 7) is 0.458. The second kappa shape index (κ2) is 2.64. The van der Waals surface area contributed by atoms with Crippen LogP contribution in [0.3, 0.4) is 0 Å². The highest BCUT2D eigenvalue weighted by Crippen LogP contribution is 2.13. The zero-order chi connectivity index (χ0) is 7.56. The summed E-state index contributed by atoms with van der Waals surface area (Å²) in [6.07, 6.45) is 0.441. The molecule has 0 radical (unpaired) electrons. The maximum absolute atomic E-state index is 10.9. The third kappa shape index (κ3) is 0.943. The molecule has 0 spiro atoms. The van der Waals surface area contributed by atoms with Gasteiger partial charge in [0.25, 0.3) is 5.91 Å². The Kier molecular flexibility index (Phi) is 1.85. The number of carbonyl (C=O) groups is 1. The van der Waals surface area contributed by atoms with E-state index in [2.05, 4.69) is 4.84 Å². The molecule has 54 valence electrons. The van der Waals surface area contributed by atoms with Crippen LogP contribution >= 0.6 is 0 Å². The van der Waals surface area contributed by atoms with Crippen molar-refractivity contribution < 1.29 is 14.4 Å². The van der Waals surface area contributed by atoms with E-state index in [1.807, 2.05) is 0 Å². The predicted octanol–water partition coefficient (Wildman–Crippen LogP) is -0.462. The Hall–Kier alpha value is -1.12. The first-order valence-electron chi connectivity index (χ1n) is 2.89. The zero-order valence-electron chi connectivity index (χ0n) is 5.59. The van der Waals surface area contributed by atoms with Crippen LogP contribution in [0.4, 0.5) is 0 Å². The summed E-state index contributed by atoms with van der Waals surface area (Å²) in [7, 11) is 1.39. The average Bonchev–Trinajstić information content (AvgIpc) is 2.30. The molecule has 0 N–H and O–H groups in total. The summed E-state index contributed by atoms with van der Waals surface area (Å²) in [6, 6.07) is 0. The Balaban J connectivity index is 2.77. The van der Waals surface area contributed by atoms with Gasteiger partial charge in [0, 0.05) is 6.42 Å². The molecule has 1 amide bonds. The lowest BCUT2D eigenvalue weighted by Crippen LogP contribution is -2.23. The summed E-state index contributed by atoms with van der Waals surface area (Å²) in [5.74, 6) is 1.21. The fraction of sp³-hybridized carbons (Fsp3) is 0.500. The Labute approximate surface area is 58.0 Å². The van der Waals surface area contributed by atoms with Crippen LogP contribution in [0.1, 0.15) is 6.42 Å². The first-order valence-corrected chi connectivity index (χ1v) is 2.89. The number of rotatable bonds is 1. The number of hydrogen-bond donors (Lipinski definition) is 0. The van der Waals surface area contributed by atoms with Gasteiger partial charge in [-0.25, -0.2) is 9.86 Å². The highest BCUT2D eigenvalue weighted by Gasteiger charge is 2.26. The molecule has 1 heterocycles. The molecule has 0 aliphatic carbocycles. The lowest BCUT2D eigenvalue weighted by molar-refractivity contribution is -0.164. The van der Waals surface area contributed by atoms with Crippen molar-refractivity contribution >= 4 is 11.8 Å². The lowest BCUT2D eigenvalue weighted by Gasteiger charge is -2.08. The molecule has 0 bridgehead atoms. The molecule has 0 unspecified atom stereocenters. The number of carbonyl (C=O) groups excluding carboxylic acids is 2. The van der Waals surface area contributed by atoms with E-state index in [-0.39, 0.29) is 11.5 Å². The topological polar surface area (TPSA) is 46.6 Å². The Morgan fingerprint density at radius 3 is 2.70 bits per heavy atom. The maximum Gasteiger partial charge on any atom is 0.284 e.